The van der Waals surface area contributed by atoms with Gasteiger partial charge in [-0.15, -0.1) is 0 Å². The number of halogens is 2. The average Bonchev–Trinajstić information content (AvgIpc) is 3.35. The van der Waals surface area contributed by atoms with E-state index >= 15 is 0 Å². The van der Waals surface area contributed by atoms with Gasteiger partial charge in [-0.25, -0.2) is 4.99 Å². The Kier molecular flexibility index (Phi) is 9.63. The van der Waals surface area contributed by atoms with Crippen LogP contribution < -0.4 is 29.7 Å². The average molecular weight is 774 g/mol. The van der Waals surface area contributed by atoms with Gasteiger partial charge in [0, 0.05) is 10.2 Å². The second-order valence-corrected chi connectivity index (χ2v) is 14.0. The summed E-state index contributed by atoms with van der Waals surface area (Å²) in [5, 5.41) is 3.07. The molecule has 10 heteroatoms. The number of nitrogens with zero attached hydrogens (tertiary/aromatic N) is 2. The molecule has 7 nitrogen and oxygen atoms in total. The first-order valence-electron chi connectivity index (χ1n) is 14.8. The number of thiazole rings is 1. The van der Waals surface area contributed by atoms with Crippen LogP contribution in [0.2, 0.25) is 0 Å². The second kappa shape index (κ2) is 13.9. The largest absolute Gasteiger partial charge is 0.497 e. The van der Waals surface area contributed by atoms with Gasteiger partial charge in [0.25, 0.3) is 11.5 Å². The van der Waals surface area contributed by atoms with Crippen LogP contribution in [0.15, 0.2) is 115 Å². The van der Waals surface area contributed by atoms with Gasteiger partial charge in [-0.05, 0) is 107 Å². The zero-order valence-corrected chi connectivity index (χ0v) is 30.1. The summed E-state index contributed by atoms with van der Waals surface area (Å²) < 4.78 is 15.3. The number of aromatic nitrogens is 1. The van der Waals surface area contributed by atoms with Crippen molar-refractivity contribution in [1.29, 1.82) is 0 Å². The number of aryl methyl sites for hydroxylation is 2. The summed E-state index contributed by atoms with van der Waals surface area (Å²) in [5.41, 5.74) is 6.14. The Bertz CT molecular complexity index is 2200. The van der Waals surface area contributed by atoms with E-state index in [1.54, 1.807) is 11.7 Å². The Hall–Kier alpha value is -4.25. The molecule has 0 spiro atoms. The van der Waals surface area contributed by atoms with Gasteiger partial charge in [0.15, 0.2) is 4.80 Å². The standard InChI is InChI=1S/C37H31Br2N3O4S/c1-21-5-15-30(22(2)17-21)41-35(43)33-23(3)40-37-42(34(33)26-9-13-28(45-4)14-10-26)36(44)32(47-37)19-25-8-16-31(29(39)18-25)46-20-24-6-11-27(38)12-7-24/h5-19,34H,20H2,1-4H3,(H,41,43)/b32-19+/t34-/m0/s1. The Morgan fingerprint density at radius 3 is 2.40 bits per heavy atom. The van der Waals surface area contributed by atoms with E-state index in [-0.39, 0.29) is 11.5 Å². The van der Waals surface area contributed by atoms with E-state index in [4.69, 9.17) is 14.5 Å². The molecule has 1 amide bonds. The summed E-state index contributed by atoms with van der Waals surface area (Å²) in [7, 11) is 1.60. The lowest BCUT2D eigenvalue weighted by molar-refractivity contribution is -0.113. The van der Waals surface area contributed by atoms with Gasteiger partial charge in [-0.1, -0.05) is 75.3 Å². The number of allylic oxidation sites excluding steroid dienone is 1. The fourth-order valence-electron chi connectivity index (χ4n) is 5.47. The molecule has 1 aliphatic heterocycles. The van der Waals surface area contributed by atoms with Crippen molar-refractivity contribution in [2.24, 2.45) is 4.99 Å². The number of methoxy groups -OCH3 is 1. The van der Waals surface area contributed by atoms with Crippen molar-refractivity contribution in [3.05, 3.63) is 153 Å². The molecule has 0 fully saturated rings. The smallest absolute Gasteiger partial charge is 0.271 e. The number of rotatable bonds is 8. The van der Waals surface area contributed by atoms with Crippen LogP contribution in [0.1, 0.15) is 40.8 Å². The zero-order valence-electron chi connectivity index (χ0n) is 26.1. The molecular formula is C37H31Br2N3O4S. The number of carbonyl (C=O) groups excluding carboxylic acids is 1. The fourth-order valence-corrected chi connectivity index (χ4v) is 7.30. The number of carbonyl (C=O) groups is 1. The van der Waals surface area contributed by atoms with E-state index in [0.717, 1.165) is 36.8 Å². The molecule has 0 aliphatic carbocycles. The highest BCUT2D eigenvalue weighted by molar-refractivity contribution is 9.10. The SMILES string of the molecule is COc1ccc([C@H]2C(C(=O)Nc3ccc(C)cc3C)=C(C)N=c3s/c(=C/c4ccc(OCc5ccc(Br)cc5)c(Br)c4)c(=O)n32)cc1. The van der Waals surface area contributed by atoms with Crippen molar-refractivity contribution in [1.82, 2.24) is 4.57 Å². The van der Waals surface area contributed by atoms with Crippen molar-refractivity contribution >= 4 is 60.9 Å². The van der Waals surface area contributed by atoms with E-state index in [2.05, 4.69) is 37.2 Å². The third kappa shape index (κ3) is 7.05. The normalized spacial score (nSPS) is 14.4. The second-order valence-electron chi connectivity index (χ2n) is 11.2. The number of benzene rings is 4. The first kappa shape index (κ1) is 32.7. The number of ether oxygens (including phenoxy) is 2. The molecule has 1 aromatic heterocycles. The molecule has 47 heavy (non-hydrogen) atoms. The minimum absolute atomic E-state index is 0.231. The Labute approximate surface area is 293 Å². The summed E-state index contributed by atoms with van der Waals surface area (Å²) in [6.45, 7) is 6.21. The van der Waals surface area contributed by atoms with Crippen LogP contribution in [0.5, 0.6) is 11.5 Å². The maximum absolute atomic E-state index is 14.1. The molecule has 238 valence electrons. The van der Waals surface area contributed by atoms with Gasteiger partial charge >= 0.3 is 0 Å². The van der Waals surface area contributed by atoms with Crippen molar-refractivity contribution < 1.29 is 14.3 Å². The van der Waals surface area contributed by atoms with E-state index in [0.29, 0.717) is 44.4 Å². The first-order valence-corrected chi connectivity index (χ1v) is 17.2. The predicted molar refractivity (Wildman–Crippen MR) is 194 cm³/mol. The van der Waals surface area contributed by atoms with Gasteiger partial charge < -0.3 is 14.8 Å². The number of amides is 1. The lowest BCUT2D eigenvalue weighted by Gasteiger charge is -2.25. The molecule has 6 rings (SSSR count). The van der Waals surface area contributed by atoms with Crippen LogP contribution in [0.4, 0.5) is 5.69 Å². The Morgan fingerprint density at radius 2 is 1.72 bits per heavy atom. The number of anilines is 1. The molecule has 0 radical (unpaired) electrons. The molecule has 5 aromatic rings. The van der Waals surface area contributed by atoms with Gasteiger partial charge in [0.1, 0.15) is 18.1 Å². The minimum Gasteiger partial charge on any atom is -0.497 e. The van der Waals surface area contributed by atoms with E-state index in [9.17, 15) is 9.59 Å². The molecule has 0 saturated carbocycles. The summed E-state index contributed by atoms with van der Waals surface area (Å²) in [6, 6.07) is 26.3. The third-order valence-electron chi connectivity index (χ3n) is 7.89. The van der Waals surface area contributed by atoms with Crippen LogP contribution in [-0.2, 0) is 11.4 Å². The van der Waals surface area contributed by atoms with Crippen LogP contribution >= 0.6 is 43.2 Å². The molecular weight excluding hydrogens is 742 g/mol. The number of hydrogen-bond donors (Lipinski definition) is 1. The summed E-state index contributed by atoms with van der Waals surface area (Å²) >= 11 is 8.38. The Morgan fingerprint density at radius 1 is 0.979 bits per heavy atom. The van der Waals surface area contributed by atoms with Gasteiger partial charge in [-0.2, -0.15) is 0 Å². The van der Waals surface area contributed by atoms with E-state index < -0.39 is 6.04 Å². The topological polar surface area (TPSA) is 81.9 Å². The number of hydrogen-bond acceptors (Lipinski definition) is 6. The predicted octanol–water partition coefficient (Wildman–Crippen LogP) is 7.60. The van der Waals surface area contributed by atoms with Crippen LogP contribution in [-0.4, -0.2) is 17.6 Å². The van der Waals surface area contributed by atoms with E-state index in [1.165, 1.54) is 11.3 Å². The molecule has 2 heterocycles. The van der Waals surface area contributed by atoms with Crippen LogP contribution in [0, 0.1) is 13.8 Å². The molecule has 0 unspecified atom stereocenters. The maximum Gasteiger partial charge on any atom is 0.271 e. The summed E-state index contributed by atoms with van der Waals surface area (Å²) in [5.74, 6) is 1.06. The first-order chi connectivity index (χ1) is 22.6. The van der Waals surface area contributed by atoms with Crippen molar-refractivity contribution in [3.8, 4) is 11.5 Å². The lowest BCUT2D eigenvalue weighted by Crippen LogP contribution is -2.40. The highest BCUT2D eigenvalue weighted by atomic mass is 79.9. The van der Waals surface area contributed by atoms with Crippen LogP contribution in [0.25, 0.3) is 6.08 Å². The number of nitrogens with one attached hydrogen (secondary N) is 1. The number of fused-ring (bicyclic) bond motifs is 1. The molecule has 1 aliphatic rings. The molecule has 4 aromatic carbocycles. The highest BCUT2D eigenvalue weighted by Gasteiger charge is 2.32. The Balaban J connectivity index is 1.37. The fraction of sp³-hybridized carbons (Fsp3) is 0.162. The highest BCUT2D eigenvalue weighted by Crippen LogP contribution is 2.32. The summed E-state index contributed by atoms with van der Waals surface area (Å²) in [4.78, 5) is 33.4. The van der Waals surface area contributed by atoms with Gasteiger partial charge in [-0.3, -0.25) is 14.2 Å². The monoisotopic (exact) mass is 771 g/mol. The van der Waals surface area contributed by atoms with E-state index in [1.807, 2.05) is 112 Å². The third-order valence-corrected chi connectivity index (χ3v) is 10.0. The van der Waals surface area contributed by atoms with Crippen molar-refractivity contribution in [3.63, 3.8) is 0 Å². The minimum atomic E-state index is -0.689. The van der Waals surface area contributed by atoms with Crippen molar-refractivity contribution in [2.75, 3.05) is 12.4 Å². The molecule has 0 bridgehead atoms. The molecule has 0 saturated heterocycles. The lowest BCUT2D eigenvalue weighted by atomic mass is 9.95. The van der Waals surface area contributed by atoms with Gasteiger partial charge in [0.05, 0.1) is 33.4 Å². The van der Waals surface area contributed by atoms with Gasteiger partial charge in [0.2, 0.25) is 0 Å². The van der Waals surface area contributed by atoms with Crippen molar-refractivity contribution in [2.45, 2.75) is 33.4 Å². The molecule has 1 atom stereocenters. The maximum atomic E-state index is 14.1. The molecule has 1 N–H and O–H groups in total. The quantitative estimate of drug-likeness (QED) is 0.176. The zero-order chi connectivity index (χ0) is 33.2. The summed E-state index contributed by atoms with van der Waals surface area (Å²) in [6.07, 6.45) is 1.84. The van der Waals surface area contributed by atoms with Crippen LogP contribution in [0.3, 0.4) is 0 Å².